The van der Waals surface area contributed by atoms with E-state index in [1.54, 1.807) is 12.1 Å². The summed E-state index contributed by atoms with van der Waals surface area (Å²) >= 11 is 0. The Morgan fingerprint density at radius 3 is 2.71 bits per heavy atom. The molecule has 1 aliphatic rings. The minimum Gasteiger partial charge on any atom is -0.376 e. The van der Waals surface area contributed by atoms with Gasteiger partial charge in [-0.15, -0.1) is 0 Å². The van der Waals surface area contributed by atoms with Gasteiger partial charge in [0.1, 0.15) is 0 Å². The summed E-state index contributed by atoms with van der Waals surface area (Å²) in [7, 11) is 0. The Hall–Kier alpha value is -1.74. The van der Waals surface area contributed by atoms with E-state index in [2.05, 4.69) is 0 Å². The van der Waals surface area contributed by atoms with Crippen molar-refractivity contribution in [1.29, 1.82) is 5.26 Å². The molecule has 3 nitrogen and oxygen atoms in total. The minimum atomic E-state index is -4.52. The van der Waals surface area contributed by atoms with E-state index in [9.17, 15) is 13.2 Å². The molecule has 21 heavy (non-hydrogen) atoms. The van der Waals surface area contributed by atoms with Gasteiger partial charge in [-0.05, 0) is 38.0 Å². The summed E-state index contributed by atoms with van der Waals surface area (Å²) in [6.07, 6.45) is -2.54. The molecule has 1 saturated heterocycles. The molecule has 6 heteroatoms. The van der Waals surface area contributed by atoms with Gasteiger partial charge in [0.25, 0.3) is 0 Å². The number of ether oxygens (including phenoxy) is 1. The fourth-order valence-corrected chi connectivity index (χ4v) is 2.51. The largest absolute Gasteiger partial charge is 0.417 e. The van der Waals surface area contributed by atoms with Crippen LogP contribution in [-0.4, -0.2) is 25.8 Å². The third kappa shape index (κ3) is 3.67. The minimum absolute atomic E-state index is 0.0648. The van der Waals surface area contributed by atoms with Gasteiger partial charge in [-0.3, -0.25) is 0 Å². The van der Waals surface area contributed by atoms with Gasteiger partial charge in [0, 0.05) is 25.4 Å². The Morgan fingerprint density at radius 2 is 2.19 bits per heavy atom. The second-order valence-electron chi connectivity index (χ2n) is 5.01. The number of nitriles is 1. The molecule has 0 radical (unpaired) electrons. The van der Waals surface area contributed by atoms with E-state index in [0.717, 1.165) is 18.9 Å². The quantitative estimate of drug-likeness (QED) is 0.852. The molecule has 0 aliphatic carbocycles. The van der Waals surface area contributed by atoms with Gasteiger partial charge in [-0.2, -0.15) is 18.4 Å². The number of alkyl halides is 3. The molecule has 0 bridgehead atoms. The van der Waals surface area contributed by atoms with E-state index >= 15 is 0 Å². The highest BCUT2D eigenvalue weighted by atomic mass is 19.4. The Balaban J connectivity index is 2.27. The molecule has 1 aromatic rings. The van der Waals surface area contributed by atoms with Crippen molar-refractivity contribution in [2.75, 3.05) is 24.6 Å². The molecule has 2 rings (SSSR count). The SMILES string of the molecule is CCN(CC1CCCO1)c1ccc(C#N)c(C(F)(F)F)c1. The maximum atomic E-state index is 13.0. The summed E-state index contributed by atoms with van der Waals surface area (Å²) < 4.78 is 44.5. The first-order valence-electron chi connectivity index (χ1n) is 6.93. The highest BCUT2D eigenvalue weighted by Gasteiger charge is 2.34. The zero-order valence-corrected chi connectivity index (χ0v) is 11.8. The highest BCUT2D eigenvalue weighted by Crippen LogP contribution is 2.34. The standard InChI is InChI=1S/C15H17F3N2O/c1-2-20(10-13-4-3-7-21-13)12-6-5-11(9-19)14(8-12)15(16,17)18/h5-6,8,13H,2-4,7,10H2,1H3. The van der Waals surface area contributed by atoms with Crippen LogP contribution in [0.25, 0.3) is 0 Å². The van der Waals surface area contributed by atoms with Crippen molar-refractivity contribution < 1.29 is 17.9 Å². The smallest absolute Gasteiger partial charge is 0.376 e. The number of hydrogen-bond acceptors (Lipinski definition) is 3. The fraction of sp³-hybridized carbons (Fsp3) is 0.533. The van der Waals surface area contributed by atoms with Gasteiger partial charge in [0.2, 0.25) is 0 Å². The Labute approximate surface area is 121 Å². The van der Waals surface area contributed by atoms with E-state index in [-0.39, 0.29) is 11.7 Å². The lowest BCUT2D eigenvalue weighted by molar-refractivity contribution is -0.137. The number of likely N-dealkylation sites (N-methyl/N-ethyl adjacent to an activating group) is 1. The summed E-state index contributed by atoms with van der Waals surface area (Å²) in [5.74, 6) is 0. The summed E-state index contributed by atoms with van der Waals surface area (Å²) in [6, 6.07) is 5.44. The maximum Gasteiger partial charge on any atom is 0.417 e. The molecule has 1 atom stereocenters. The van der Waals surface area contributed by atoms with Gasteiger partial charge >= 0.3 is 6.18 Å². The molecule has 0 saturated carbocycles. The molecule has 114 valence electrons. The lowest BCUT2D eigenvalue weighted by Gasteiger charge is -2.27. The van der Waals surface area contributed by atoms with Crippen LogP contribution in [-0.2, 0) is 10.9 Å². The fourth-order valence-electron chi connectivity index (χ4n) is 2.51. The highest BCUT2D eigenvalue weighted by molar-refractivity contribution is 5.54. The molecule has 0 spiro atoms. The van der Waals surface area contributed by atoms with Crippen LogP contribution in [0.3, 0.4) is 0 Å². The average Bonchev–Trinajstić information content (AvgIpc) is 2.96. The lowest BCUT2D eigenvalue weighted by Crippen LogP contribution is -2.32. The Morgan fingerprint density at radius 1 is 1.43 bits per heavy atom. The van der Waals surface area contributed by atoms with Gasteiger partial charge in [-0.25, -0.2) is 0 Å². The van der Waals surface area contributed by atoms with Crippen molar-refractivity contribution in [3.05, 3.63) is 29.3 Å². The number of nitrogens with zero attached hydrogens (tertiary/aromatic N) is 2. The second-order valence-corrected chi connectivity index (χ2v) is 5.01. The van der Waals surface area contributed by atoms with Crippen LogP contribution >= 0.6 is 0 Å². The maximum absolute atomic E-state index is 13.0. The first-order chi connectivity index (χ1) is 9.95. The predicted molar refractivity (Wildman–Crippen MR) is 73.0 cm³/mol. The summed E-state index contributed by atoms with van der Waals surface area (Å²) in [6.45, 7) is 3.76. The van der Waals surface area contributed by atoms with Crippen LogP contribution in [0.5, 0.6) is 0 Å². The number of hydrogen-bond donors (Lipinski definition) is 0. The summed E-state index contributed by atoms with van der Waals surface area (Å²) in [5, 5.41) is 8.81. The van der Waals surface area contributed by atoms with Crippen LogP contribution in [0.1, 0.15) is 30.9 Å². The van der Waals surface area contributed by atoms with E-state index in [0.29, 0.717) is 25.4 Å². The first-order valence-corrected chi connectivity index (χ1v) is 6.93. The Kier molecular flexibility index (Phi) is 4.73. The van der Waals surface area contributed by atoms with Crippen molar-refractivity contribution in [3.8, 4) is 6.07 Å². The second kappa shape index (κ2) is 6.35. The number of benzene rings is 1. The van der Waals surface area contributed by atoms with Crippen molar-refractivity contribution >= 4 is 5.69 Å². The Bertz CT molecular complexity index is 531. The van der Waals surface area contributed by atoms with Gasteiger partial charge in [-0.1, -0.05) is 0 Å². The number of halogens is 3. The normalized spacial score (nSPS) is 18.5. The summed E-state index contributed by atoms with van der Waals surface area (Å²) in [4.78, 5) is 1.85. The van der Waals surface area contributed by atoms with E-state index in [1.165, 1.54) is 6.07 Å². The zero-order valence-electron chi connectivity index (χ0n) is 11.8. The monoisotopic (exact) mass is 298 g/mol. The molecular weight excluding hydrogens is 281 g/mol. The van der Waals surface area contributed by atoms with E-state index in [4.69, 9.17) is 10.00 Å². The van der Waals surface area contributed by atoms with Gasteiger partial charge in [0.05, 0.1) is 23.3 Å². The van der Waals surface area contributed by atoms with Crippen molar-refractivity contribution in [2.24, 2.45) is 0 Å². The number of anilines is 1. The van der Waals surface area contributed by atoms with E-state index < -0.39 is 11.7 Å². The van der Waals surface area contributed by atoms with Crippen LogP contribution in [0, 0.1) is 11.3 Å². The van der Waals surface area contributed by atoms with Gasteiger partial charge < -0.3 is 9.64 Å². The van der Waals surface area contributed by atoms with E-state index in [1.807, 2.05) is 11.8 Å². The molecule has 0 amide bonds. The molecule has 1 unspecified atom stereocenters. The molecule has 1 fully saturated rings. The topological polar surface area (TPSA) is 36.3 Å². The molecule has 1 aliphatic heterocycles. The number of rotatable bonds is 4. The molecule has 1 heterocycles. The molecule has 0 aromatic heterocycles. The molecule has 0 N–H and O–H groups in total. The van der Waals surface area contributed by atoms with Crippen LogP contribution < -0.4 is 4.90 Å². The van der Waals surface area contributed by atoms with Gasteiger partial charge in [0.15, 0.2) is 0 Å². The van der Waals surface area contributed by atoms with Crippen molar-refractivity contribution in [1.82, 2.24) is 0 Å². The van der Waals surface area contributed by atoms with Crippen LogP contribution in [0.2, 0.25) is 0 Å². The predicted octanol–water partition coefficient (Wildman–Crippen LogP) is 3.58. The lowest BCUT2D eigenvalue weighted by atomic mass is 10.1. The third-order valence-electron chi connectivity index (χ3n) is 3.62. The third-order valence-corrected chi connectivity index (χ3v) is 3.62. The molecular formula is C15H17F3N2O. The average molecular weight is 298 g/mol. The van der Waals surface area contributed by atoms with Crippen molar-refractivity contribution in [3.63, 3.8) is 0 Å². The van der Waals surface area contributed by atoms with Crippen LogP contribution in [0.15, 0.2) is 18.2 Å². The van der Waals surface area contributed by atoms with Crippen molar-refractivity contribution in [2.45, 2.75) is 32.0 Å². The first kappa shape index (κ1) is 15.6. The van der Waals surface area contributed by atoms with Crippen LogP contribution in [0.4, 0.5) is 18.9 Å². The zero-order chi connectivity index (χ0) is 15.5. The molecule has 1 aromatic carbocycles. The summed E-state index contributed by atoms with van der Waals surface area (Å²) in [5.41, 5.74) is -0.757.